The predicted molar refractivity (Wildman–Crippen MR) is 115 cm³/mol. The Morgan fingerprint density at radius 1 is 1.00 bits per heavy atom. The summed E-state index contributed by atoms with van der Waals surface area (Å²) >= 11 is 0. The molecule has 1 aliphatic carbocycles. The standard InChI is InChI=1S/C26H22N2O/c27-16-19-9-14-25-24(15-19)22-7-4-8-23(22)26(28-25)20-10-12-21(13-11-20)29-17-18-5-2-1-3-6-18/h1-7,9-15,22-23,26,28H,8,17H2. The van der Waals surface area contributed by atoms with E-state index in [1.165, 1.54) is 16.7 Å². The van der Waals surface area contributed by atoms with Crippen molar-refractivity contribution >= 4 is 5.69 Å². The molecule has 3 heteroatoms. The second-order valence-electron chi connectivity index (χ2n) is 7.73. The fraction of sp³-hybridized carbons (Fsp3) is 0.192. The van der Waals surface area contributed by atoms with Crippen molar-refractivity contribution in [2.75, 3.05) is 5.32 Å². The number of rotatable bonds is 4. The summed E-state index contributed by atoms with van der Waals surface area (Å²) in [6.45, 7) is 0.574. The molecule has 1 N–H and O–H groups in total. The lowest BCUT2D eigenvalue weighted by molar-refractivity contribution is 0.306. The molecule has 0 spiro atoms. The SMILES string of the molecule is N#Cc1ccc2c(c1)C1C=CCC1C(c1ccc(OCc3ccccc3)cc1)N2. The third kappa shape index (κ3) is 3.39. The quantitative estimate of drug-likeness (QED) is 0.569. The van der Waals surface area contributed by atoms with Gasteiger partial charge in [-0.05, 0) is 59.4 Å². The van der Waals surface area contributed by atoms with Crippen molar-refractivity contribution in [3.05, 3.63) is 107 Å². The van der Waals surface area contributed by atoms with Gasteiger partial charge in [-0.2, -0.15) is 5.26 Å². The molecule has 1 heterocycles. The summed E-state index contributed by atoms with van der Waals surface area (Å²) < 4.78 is 5.94. The van der Waals surface area contributed by atoms with Crippen LogP contribution in [0.2, 0.25) is 0 Å². The van der Waals surface area contributed by atoms with E-state index < -0.39 is 0 Å². The Balaban J connectivity index is 1.36. The van der Waals surface area contributed by atoms with Gasteiger partial charge in [0.25, 0.3) is 0 Å². The lowest BCUT2D eigenvalue weighted by Gasteiger charge is -2.37. The van der Waals surface area contributed by atoms with E-state index in [0.717, 1.165) is 23.4 Å². The molecular formula is C26H22N2O. The highest BCUT2D eigenvalue weighted by Gasteiger charge is 2.37. The maximum Gasteiger partial charge on any atom is 0.119 e. The fourth-order valence-corrected chi connectivity index (χ4v) is 4.51. The smallest absolute Gasteiger partial charge is 0.119 e. The first-order valence-electron chi connectivity index (χ1n) is 10.1. The first kappa shape index (κ1) is 17.6. The first-order chi connectivity index (χ1) is 14.3. The molecule has 0 saturated heterocycles. The minimum atomic E-state index is 0.249. The molecular weight excluding hydrogens is 356 g/mol. The fourth-order valence-electron chi connectivity index (χ4n) is 4.51. The molecule has 29 heavy (non-hydrogen) atoms. The molecule has 3 atom stereocenters. The Morgan fingerprint density at radius 2 is 1.83 bits per heavy atom. The summed E-state index contributed by atoms with van der Waals surface area (Å²) in [6.07, 6.45) is 5.62. The maximum atomic E-state index is 9.25. The summed E-state index contributed by atoms with van der Waals surface area (Å²) in [6, 6.07) is 27.2. The van der Waals surface area contributed by atoms with Crippen LogP contribution in [0.15, 0.2) is 84.9 Å². The van der Waals surface area contributed by atoms with Crippen LogP contribution >= 0.6 is 0 Å². The van der Waals surface area contributed by atoms with Crippen LogP contribution in [0.1, 0.15) is 40.6 Å². The Kier molecular flexibility index (Phi) is 4.54. The Labute approximate surface area is 171 Å². The number of ether oxygens (including phenoxy) is 1. The number of nitrogens with zero attached hydrogens (tertiary/aromatic N) is 1. The minimum absolute atomic E-state index is 0.249. The van der Waals surface area contributed by atoms with Gasteiger partial charge in [0.05, 0.1) is 17.7 Å². The van der Waals surface area contributed by atoms with Gasteiger partial charge in [0.2, 0.25) is 0 Å². The number of benzene rings is 3. The molecule has 0 saturated carbocycles. The van der Waals surface area contributed by atoms with Gasteiger partial charge in [-0.3, -0.25) is 0 Å². The van der Waals surface area contributed by atoms with Crippen molar-refractivity contribution in [1.82, 2.24) is 0 Å². The summed E-state index contributed by atoms with van der Waals surface area (Å²) in [5, 5.41) is 13.0. The number of anilines is 1. The van der Waals surface area contributed by atoms with Crippen molar-refractivity contribution in [2.45, 2.75) is 25.0 Å². The summed E-state index contributed by atoms with van der Waals surface area (Å²) in [4.78, 5) is 0. The molecule has 5 rings (SSSR count). The monoisotopic (exact) mass is 378 g/mol. The Bertz CT molecular complexity index is 1080. The van der Waals surface area contributed by atoms with Gasteiger partial charge < -0.3 is 10.1 Å². The zero-order chi connectivity index (χ0) is 19.6. The van der Waals surface area contributed by atoms with Crippen LogP contribution in [0, 0.1) is 17.2 Å². The van der Waals surface area contributed by atoms with Gasteiger partial charge in [-0.1, -0.05) is 54.6 Å². The Hall–Kier alpha value is -3.51. The molecule has 3 unspecified atom stereocenters. The number of nitriles is 1. The lowest BCUT2D eigenvalue weighted by Crippen LogP contribution is -2.29. The van der Waals surface area contributed by atoms with Crippen LogP contribution in [-0.2, 0) is 6.61 Å². The van der Waals surface area contributed by atoms with Gasteiger partial charge in [-0.15, -0.1) is 0 Å². The van der Waals surface area contributed by atoms with Crippen LogP contribution in [0.5, 0.6) is 5.75 Å². The molecule has 142 valence electrons. The number of nitrogens with one attached hydrogen (secondary N) is 1. The molecule has 2 aliphatic rings. The first-order valence-corrected chi connectivity index (χ1v) is 10.1. The second-order valence-corrected chi connectivity index (χ2v) is 7.73. The van der Waals surface area contributed by atoms with Crippen molar-refractivity contribution in [3.8, 4) is 11.8 Å². The van der Waals surface area contributed by atoms with Crippen LogP contribution in [0.4, 0.5) is 5.69 Å². The highest BCUT2D eigenvalue weighted by atomic mass is 16.5. The molecule has 3 aromatic carbocycles. The second kappa shape index (κ2) is 7.48. The van der Waals surface area contributed by atoms with Gasteiger partial charge in [0, 0.05) is 11.6 Å². The number of fused-ring (bicyclic) bond motifs is 3. The van der Waals surface area contributed by atoms with Crippen molar-refractivity contribution in [1.29, 1.82) is 5.26 Å². The maximum absolute atomic E-state index is 9.25. The third-order valence-electron chi connectivity index (χ3n) is 5.98. The van der Waals surface area contributed by atoms with E-state index >= 15 is 0 Å². The van der Waals surface area contributed by atoms with E-state index in [-0.39, 0.29) is 6.04 Å². The van der Waals surface area contributed by atoms with E-state index in [1.807, 2.05) is 36.4 Å². The van der Waals surface area contributed by atoms with Crippen molar-refractivity contribution in [3.63, 3.8) is 0 Å². The van der Waals surface area contributed by atoms with E-state index in [2.05, 4.69) is 59.9 Å². The average molecular weight is 378 g/mol. The van der Waals surface area contributed by atoms with E-state index in [4.69, 9.17) is 4.74 Å². The molecule has 1 aliphatic heterocycles. The molecule has 0 amide bonds. The number of hydrogen-bond acceptors (Lipinski definition) is 3. The van der Waals surface area contributed by atoms with E-state index in [1.54, 1.807) is 0 Å². The highest BCUT2D eigenvalue weighted by molar-refractivity contribution is 5.62. The highest BCUT2D eigenvalue weighted by Crippen LogP contribution is 2.50. The van der Waals surface area contributed by atoms with Crippen LogP contribution in [0.3, 0.4) is 0 Å². The van der Waals surface area contributed by atoms with Gasteiger partial charge in [0.1, 0.15) is 12.4 Å². The number of allylic oxidation sites excluding steroid dienone is 2. The van der Waals surface area contributed by atoms with E-state index in [9.17, 15) is 5.26 Å². The van der Waals surface area contributed by atoms with Crippen LogP contribution in [-0.4, -0.2) is 0 Å². The lowest BCUT2D eigenvalue weighted by atomic mass is 9.76. The predicted octanol–water partition coefficient (Wildman–Crippen LogP) is 5.96. The summed E-state index contributed by atoms with van der Waals surface area (Å²) in [7, 11) is 0. The van der Waals surface area contributed by atoms with Crippen molar-refractivity contribution < 1.29 is 4.74 Å². The van der Waals surface area contributed by atoms with Crippen LogP contribution in [0.25, 0.3) is 0 Å². The van der Waals surface area contributed by atoms with Gasteiger partial charge >= 0.3 is 0 Å². The van der Waals surface area contributed by atoms with Gasteiger partial charge in [-0.25, -0.2) is 0 Å². The third-order valence-corrected chi connectivity index (χ3v) is 5.98. The van der Waals surface area contributed by atoms with E-state index in [0.29, 0.717) is 18.4 Å². The largest absolute Gasteiger partial charge is 0.489 e. The molecule has 3 aromatic rings. The molecule has 3 nitrogen and oxygen atoms in total. The zero-order valence-corrected chi connectivity index (χ0v) is 16.1. The topological polar surface area (TPSA) is 45.0 Å². The average Bonchev–Trinajstić information content (AvgIpc) is 3.28. The minimum Gasteiger partial charge on any atom is -0.489 e. The van der Waals surface area contributed by atoms with Crippen molar-refractivity contribution in [2.24, 2.45) is 5.92 Å². The summed E-state index contributed by atoms with van der Waals surface area (Å²) in [5.41, 5.74) is 5.53. The molecule has 0 fully saturated rings. The van der Waals surface area contributed by atoms with Crippen LogP contribution < -0.4 is 10.1 Å². The molecule has 0 radical (unpaired) electrons. The van der Waals surface area contributed by atoms with Gasteiger partial charge in [0.15, 0.2) is 0 Å². The zero-order valence-electron chi connectivity index (χ0n) is 16.1. The number of hydrogen-bond donors (Lipinski definition) is 1. The molecule has 0 bridgehead atoms. The Morgan fingerprint density at radius 3 is 2.62 bits per heavy atom. The normalized spacial score (nSPS) is 21.6. The molecule has 0 aromatic heterocycles. The summed E-state index contributed by atoms with van der Waals surface area (Å²) in [5.74, 6) is 1.71.